The van der Waals surface area contributed by atoms with Crippen LogP contribution in [0, 0.1) is 6.92 Å². The highest BCUT2D eigenvalue weighted by molar-refractivity contribution is 5.58. The SMILES string of the molecule is CCCn1nncc1-c1cc(NCC)nc(C)n1. The zero-order chi connectivity index (χ0) is 13.0. The number of nitrogens with one attached hydrogen (secondary N) is 1. The van der Waals surface area contributed by atoms with Crippen LogP contribution in [-0.2, 0) is 6.54 Å². The standard InChI is InChI=1S/C12H18N6/c1-4-6-18-11(8-14-17-18)10-7-12(13-5-2)16-9(3)15-10/h7-8H,4-6H2,1-3H3,(H,13,15,16). The fourth-order valence-corrected chi connectivity index (χ4v) is 1.80. The first kappa shape index (κ1) is 12.5. The van der Waals surface area contributed by atoms with Crippen molar-refractivity contribution in [2.24, 2.45) is 0 Å². The van der Waals surface area contributed by atoms with Gasteiger partial charge in [-0.15, -0.1) is 5.10 Å². The van der Waals surface area contributed by atoms with Crippen LogP contribution >= 0.6 is 0 Å². The van der Waals surface area contributed by atoms with Gasteiger partial charge in [-0.25, -0.2) is 14.6 Å². The van der Waals surface area contributed by atoms with E-state index in [1.165, 1.54) is 0 Å². The smallest absolute Gasteiger partial charge is 0.130 e. The third-order valence-electron chi connectivity index (χ3n) is 2.51. The maximum absolute atomic E-state index is 4.45. The van der Waals surface area contributed by atoms with Crippen molar-refractivity contribution in [1.29, 1.82) is 0 Å². The van der Waals surface area contributed by atoms with E-state index >= 15 is 0 Å². The number of anilines is 1. The molecule has 0 aromatic carbocycles. The number of aromatic nitrogens is 5. The highest BCUT2D eigenvalue weighted by Crippen LogP contribution is 2.18. The summed E-state index contributed by atoms with van der Waals surface area (Å²) in [6.07, 6.45) is 2.76. The van der Waals surface area contributed by atoms with Crippen molar-refractivity contribution in [3.63, 3.8) is 0 Å². The summed E-state index contributed by atoms with van der Waals surface area (Å²) in [5, 5.41) is 11.2. The lowest BCUT2D eigenvalue weighted by molar-refractivity contribution is 0.583. The van der Waals surface area contributed by atoms with Crippen LogP contribution < -0.4 is 5.32 Å². The van der Waals surface area contributed by atoms with E-state index in [0.29, 0.717) is 0 Å². The molecule has 0 unspecified atom stereocenters. The fourth-order valence-electron chi connectivity index (χ4n) is 1.80. The predicted molar refractivity (Wildman–Crippen MR) is 70.2 cm³/mol. The lowest BCUT2D eigenvalue weighted by atomic mass is 10.3. The van der Waals surface area contributed by atoms with Crippen LogP contribution in [0.1, 0.15) is 26.1 Å². The van der Waals surface area contributed by atoms with Crippen molar-refractivity contribution < 1.29 is 0 Å². The van der Waals surface area contributed by atoms with E-state index in [9.17, 15) is 0 Å². The predicted octanol–water partition coefficient (Wildman–Crippen LogP) is 1.89. The molecule has 18 heavy (non-hydrogen) atoms. The van der Waals surface area contributed by atoms with Gasteiger partial charge in [-0.2, -0.15) is 0 Å². The van der Waals surface area contributed by atoms with Gasteiger partial charge in [-0.05, 0) is 20.3 Å². The van der Waals surface area contributed by atoms with Crippen molar-refractivity contribution in [2.75, 3.05) is 11.9 Å². The van der Waals surface area contributed by atoms with Gasteiger partial charge in [0.1, 0.15) is 17.3 Å². The molecule has 6 heteroatoms. The van der Waals surface area contributed by atoms with Crippen molar-refractivity contribution >= 4 is 5.82 Å². The zero-order valence-electron chi connectivity index (χ0n) is 11.0. The molecule has 96 valence electrons. The average Bonchev–Trinajstić information content (AvgIpc) is 2.77. The van der Waals surface area contributed by atoms with Crippen LogP contribution in [0.4, 0.5) is 5.82 Å². The topological polar surface area (TPSA) is 68.5 Å². The number of rotatable bonds is 5. The van der Waals surface area contributed by atoms with Gasteiger partial charge in [-0.3, -0.25) is 0 Å². The van der Waals surface area contributed by atoms with Crippen molar-refractivity contribution in [1.82, 2.24) is 25.0 Å². The Hall–Kier alpha value is -1.98. The van der Waals surface area contributed by atoms with E-state index in [1.807, 2.05) is 24.6 Å². The highest BCUT2D eigenvalue weighted by atomic mass is 15.4. The van der Waals surface area contributed by atoms with Gasteiger partial charge in [0.25, 0.3) is 0 Å². The van der Waals surface area contributed by atoms with E-state index in [-0.39, 0.29) is 0 Å². The number of aryl methyl sites for hydroxylation is 2. The number of hydrogen-bond acceptors (Lipinski definition) is 5. The van der Waals surface area contributed by atoms with Gasteiger partial charge < -0.3 is 5.32 Å². The second-order valence-electron chi connectivity index (χ2n) is 4.06. The van der Waals surface area contributed by atoms with E-state index in [0.717, 1.165) is 42.5 Å². The first-order chi connectivity index (χ1) is 8.74. The third-order valence-corrected chi connectivity index (χ3v) is 2.51. The Morgan fingerprint density at radius 2 is 2.11 bits per heavy atom. The largest absolute Gasteiger partial charge is 0.370 e. The Morgan fingerprint density at radius 3 is 2.83 bits per heavy atom. The summed E-state index contributed by atoms with van der Waals surface area (Å²) in [5.74, 6) is 1.58. The summed E-state index contributed by atoms with van der Waals surface area (Å²) in [5.41, 5.74) is 1.79. The maximum Gasteiger partial charge on any atom is 0.130 e. The molecule has 0 saturated heterocycles. The van der Waals surface area contributed by atoms with Crippen LogP contribution in [0.2, 0.25) is 0 Å². The van der Waals surface area contributed by atoms with E-state index in [1.54, 1.807) is 6.20 Å². The summed E-state index contributed by atoms with van der Waals surface area (Å²) in [6.45, 7) is 7.72. The molecule has 0 saturated carbocycles. The van der Waals surface area contributed by atoms with Gasteiger partial charge in [0.2, 0.25) is 0 Å². The van der Waals surface area contributed by atoms with Crippen LogP contribution in [0.5, 0.6) is 0 Å². The Bertz CT molecular complexity index is 519. The lowest BCUT2D eigenvalue weighted by Crippen LogP contribution is -2.06. The maximum atomic E-state index is 4.45. The molecule has 2 rings (SSSR count). The second-order valence-corrected chi connectivity index (χ2v) is 4.06. The molecule has 0 spiro atoms. The molecule has 0 atom stereocenters. The molecule has 0 aliphatic carbocycles. The first-order valence-corrected chi connectivity index (χ1v) is 6.23. The molecule has 2 heterocycles. The van der Waals surface area contributed by atoms with E-state index in [4.69, 9.17) is 0 Å². The molecule has 0 aliphatic heterocycles. The fraction of sp³-hybridized carbons (Fsp3) is 0.500. The van der Waals surface area contributed by atoms with Gasteiger partial charge >= 0.3 is 0 Å². The first-order valence-electron chi connectivity index (χ1n) is 6.23. The monoisotopic (exact) mass is 246 g/mol. The zero-order valence-corrected chi connectivity index (χ0v) is 11.0. The molecular weight excluding hydrogens is 228 g/mol. The van der Waals surface area contributed by atoms with Gasteiger partial charge in [0, 0.05) is 19.2 Å². The molecule has 6 nitrogen and oxygen atoms in total. The average molecular weight is 246 g/mol. The molecule has 0 radical (unpaired) electrons. The number of hydrogen-bond donors (Lipinski definition) is 1. The lowest BCUT2D eigenvalue weighted by Gasteiger charge is -2.08. The van der Waals surface area contributed by atoms with E-state index in [2.05, 4.69) is 32.5 Å². The molecule has 0 amide bonds. The quantitative estimate of drug-likeness (QED) is 0.872. The van der Waals surface area contributed by atoms with Crippen molar-refractivity contribution in [3.8, 4) is 11.4 Å². The van der Waals surface area contributed by atoms with Crippen LogP contribution in [0.25, 0.3) is 11.4 Å². The van der Waals surface area contributed by atoms with Crippen molar-refractivity contribution in [3.05, 3.63) is 18.1 Å². The highest BCUT2D eigenvalue weighted by Gasteiger charge is 2.09. The normalized spacial score (nSPS) is 10.6. The summed E-state index contributed by atoms with van der Waals surface area (Å²) < 4.78 is 1.87. The summed E-state index contributed by atoms with van der Waals surface area (Å²) in [7, 11) is 0. The second kappa shape index (κ2) is 5.57. The summed E-state index contributed by atoms with van der Waals surface area (Å²) >= 11 is 0. The van der Waals surface area contributed by atoms with E-state index < -0.39 is 0 Å². The Balaban J connectivity index is 2.39. The molecular formula is C12H18N6. The molecule has 0 aliphatic rings. The Morgan fingerprint density at radius 1 is 1.28 bits per heavy atom. The number of nitrogens with zero attached hydrogens (tertiary/aromatic N) is 5. The Kier molecular flexibility index (Phi) is 3.86. The molecule has 0 fully saturated rings. The van der Waals surface area contributed by atoms with Crippen LogP contribution in [-0.4, -0.2) is 31.5 Å². The van der Waals surface area contributed by atoms with Crippen molar-refractivity contribution in [2.45, 2.75) is 33.7 Å². The Labute approximate surface area is 106 Å². The minimum Gasteiger partial charge on any atom is -0.370 e. The van der Waals surface area contributed by atoms with Gasteiger partial charge in [0.15, 0.2) is 0 Å². The molecule has 2 aromatic rings. The molecule has 0 bridgehead atoms. The molecule has 2 aromatic heterocycles. The minimum atomic E-state index is 0.743. The minimum absolute atomic E-state index is 0.743. The van der Waals surface area contributed by atoms with Crippen LogP contribution in [0.15, 0.2) is 12.3 Å². The third kappa shape index (κ3) is 2.64. The van der Waals surface area contributed by atoms with Gasteiger partial charge in [-0.1, -0.05) is 12.1 Å². The summed E-state index contributed by atoms with van der Waals surface area (Å²) in [6, 6.07) is 1.93. The summed E-state index contributed by atoms with van der Waals surface area (Å²) in [4.78, 5) is 8.79. The van der Waals surface area contributed by atoms with Crippen LogP contribution in [0.3, 0.4) is 0 Å². The molecule has 1 N–H and O–H groups in total. The van der Waals surface area contributed by atoms with Gasteiger partial charge in [0.05, 0.1) is 11.9 Å².